The molecule has 17 heavy (non-hydrogen) atoms. The number of nitrogens with zero attached hydrogens (tertiary/aromatic N) is 5. The second-order valence-electron chi connectivity index (χ2n) is 3.90. The van der Waals surface area contributed by atoms with Crippen LogP contribution in [0.15, 0.2) is 18.5 Å². The fraction of sp³-hybridized carbons (Fsp3) is 0.400. The number of ether oxygens (including phenoxy) is 1. The summed E-state index contributed by atoms with van der Waals surface area (Å²) in [5.41, 5.74) is 1.56. The highest BCUT2D eigenvalue weighted by Crippen LogP contribution is 2.22. The average molecular weight is 233 g/mol. The quantitative estimate of drug-likeness (QED) is 0.691. The molecule has 2 aromatic rings. The number of carbonyl (C=O) groups is 1. The molecule has 1 atom stereocenters. The molecule has 1 aliphatic rings. The van der Waals surface area contributed by atoms with Crippen molar-refractivity contribution in [1.29, 1.82) is 0 Å². The van der Waals surface area contributed by atoms with Gasteiger partial charge in [0, 0.05) is 19.7 Å². The topological polar surface area (TPSA) is 74.8 Å². The number of hydrogen-bond acceptors (Lipinski definition) is 5. The summed E-state index contributed by atoms with van der Waals surface area (Å²) >= 11 is 0. The molecule has 1 aliphatic heterocycles. The molecule has 7 heteroatoms. The molecule has 0 amide bonds. The number of carbonyl (C=O) groups excluding carboxylic acids is 1. The normalized spacial score (nSPS) is 19.6. The van der Waals surface area contributed by atoms with Crippen molar-refractivity contribution in [3.63, 3.8) is 0 Å². The number of hydrogen-bond donors (Lipinski definition) is 0. The molecule has 1 fully saturated rings. The number of rotatable bonds is 2. The van der Waals surface area contributed by atoms with E-state index in [-0.39, 0.29) is 12.0 Å². The first-order valence-electron chi connectivity index (χ1n) is 5.32. The summed E-state index contributed by atoms with van der Waals surface area (Å²) in [6, 6.07) is 1.51. The molecule has 0 bridgehead atoms. The SMILES string of the molecule is Cn1nccc1-c1cn([C@H]2CCOC2=O)nn1. The molecule has 0 spiro atoms. The molecular formula is C10H11N5O2. The maximum absolute atomic E-state index is 11.4. The van der Waals surface area contributed by atoms with Crippen molar-refractivity contribution >= 4 is 5.97 Å². The van der Waals surface area contributed by atoms with Gasteiger partial charge in [0.2, 0.25) is 0 Å². The van der Waals surface area contributed by atoms with Crippen molar-refractivity contribution in [3.05, 3.63) is 18.5 Å². The Kier molecular flexibility index (Phi) is 2.17. The molecule has 0 radical (unpaired) electrons. The molecule has 88 valence electrons. The first-order chi connectivity index (χ1) is 8.25. The lowest BCUT2D eigenvalue weighted by atomic mass is 10.2. The van der Waals surface area contributed by atoms with Gasteiger partial charge in [-0.1, -0.05) is 5.21 Å². The Balaban J connectivity index is 1.93. The van der Waals surface area contributed by atoms with E-state index in [0.29, 0.717) is 18.7 Å². The number of cyclic esters (lactones) is 1. The molecule has 0 aromatic carbocycles. The Morgan fingerprint density at radius 1 is 1.53 bits per heavy atom. The van der Waals surface area contributed by atoms with Crippen LogP contribution in [0.5, 0.6) is 0 Å². The van der Waals surface area contributed by atoms with E-state index >= 15 is 0 Å². The van der Waals surface area contributed by atoms with Crippen molar-refractivity contribution in [2.24, 2.45) is 7.05 Å². The van der Waals surface area contributed by atoms with Gasteiger partial charge in [0.25, 0.3) is 0 Å². The lowest BCUT2D eigenvalue weighted by Crippen LogP contribution is -2.14. The fourth-order valence-electron chi connectivity index (χ4n) is 1.90. The van der Waals surface area contributed by atoms with E-state index in [1.807, 2.05) is 13.1 Å². The molecule has 2 aromatic heterocycles. The van der Waals surface area contributed by atoms with Crippen LogP contribution in [-0.2, 0) is 16.6 Å². The van der Waals surface area contributed by atoms with Gasteiger partial charge in [-0.05, 0) is 6.07 Å². The smallest absolute Gasteiger partial charge is 0.331 e. The summed E-state index contributed by atoms with van der Waals surface area (Å²) < 4.78 is 8.16. The van der Waals surface area contributed by atoms with E-state index in [0.717, 1.165) is 5.69 Å². The van der Waals surface area contributed by atoms with Crippen molar-refractivity contribution in [2.75, 3.05) is 6.61 Å². The van der Waals surface area contributed by atoms with Crippen LogP contribution < -0.4 is 0 Å². The monoisotopic (exact) mass is 233 g/mol. The van der Waals surface area contributed by atoms with Gasteiger partial charge < -0.3 is 4.74 Å². The van der Waals surface area contributed by atoms with Gasteiger partial charge in [0.05, 0.1) is 18.5 Å². The standard InChI is InChI=1S/C10H11N5O2/c1-14-8(2-4-11-14)7-6-15(13-12-7)9-3-5-17-10(9)16/h2,4,6,9H,3,5H2,1H3/t9-/m0/s1. The third kappa shape index (κ3) is 1.59. The van der Waals surface area contributed by atoms with Crippen LogP contribution in [0, 0.1) is 0 Å². The van der Waals surface area contributed by atoms with E-state index < -0.39 is 0 Å². The van der Waals surface area contributed by atoms with Crippen LogP contribution >= 0.6 is 0 Å². The molecular weight excluding hydrogens is 222 g/mol. The maximum atomic E-state index is 11.4. The van der Waals surface area contributed by atoms with E-state index in [1.54, 1.807) is 21.8 Å². The van der Waals surface area contributed by atoms with Gasteiger partial charge in [0.15, 0.2) is 6.04 Å². The largest absolute Gasteiger partial charge is 0.464 e. The van der Waals surface area contributed by atoms with Crippen LogP contribution in [0.4, 0.5) is 0 Å². The summed E-state index contributed by atoms with van der Waals surface area (Å²) in [5, 5.41) is 12.1. The average Bonchev–Trinajstić information content (AvgIpc) is 2.97. The second kappa shape index (κ2) is 3.69. The number of esters is 1. The predicted molar refractivity (Wildman–Crippen MR) is 56.8 cm³/mol. The second-order valence-corrected chi connectivity index (χ2v) is 3.90. The van der Waals surface area contributed by atoms with Crippen LogP contribution in [0.25, 0.3) is 11.4 Å². The molecule has 0 N–H and O–H groups in total. The molecule has 7 nitrogen and oxygen atoms in total. The van der Waals surface area contributed by atoms with Crippen LogP contribution in [0.3, 0.4) is 0 Å². The summed E-state index contributed by atoms with van der Waals surface area (Å²) in [4.78, 5) is 11.4. The highest BCUT2D eigenvalue weighted by atomic mass is 16.5. The van der Waals surface area contributed by atoms with Gasteiger partial charge in [-0.2, -0.15) is 5.10 Å². The molecule has 1 saturated heterocycles. The molecule has 0 saturated carbocycles. The minimum atomic E-state index is -0.343. The lowest BCUT2D eigenvalue weighted by Gasteiger charge is -2.02. The summed E-state index contributed by atoms with van der Waals surface area (Å²) in [7, 11) is 1.83. The van der Waals surface area contributed by atoms with Gasteiger partial charge in [-0.3, -0.25) is 4.68 Å². The minimum absolute atomic E-state index is 0.244. The number of aromatic nitrogens is 5. The zero-order chi connectivity index (χ0) is 11.8. The van der Waals surface area contributed by atoms with Crippen molar-refractivity contribution < 1.29 is 9.53 Å². The zero-order valence-corrected chi connectivity index (χ0v) is 9.28. The number of aryl methyl sites for hydroxylation is 1. The summed E-state index contributed by atoms with van der Waals surface area (Å²) in [5.74, 6) is -0.244. The van der Waals surface area contributed by atoms with E-state index in [9.17, 15) is 4.79 Å². The van der Waals surface area contributed by atoms with Gasteiger partial charge in [0.1, 0.15) is 5.69 Å². The molecule has 3 heterocycles. The zero-order valence-electron chi connectivity index (χ0n) is 9.28. The fourth-order valence-corrected chi connectivity index (χ4v) is 1.90. The van der Waals surface area contributed by atoms with Crippen LogP contribution in [-0.4, -0.2) is 37.4 Å². The molecule has 3 rings (SSSR count). The van der Waals surface area contributed by atoms with Crippen molar-refractivity contribution in [2.45, 2.75) is 12.5 Å². The highest BCUT2D eigenvalue weighted by molar-refractivity contribution is 5.75. The maximum Gasteiger partial charge on any atom is 0.331 e. The Hall–Kier alpha value is -2.18. The Morgan fingerprint density at radius 2 is 2.41 bits per heavy atom. The first-order valence-corrected chi connectivity index (χ1v) is 5.32. The Morgan fingerprint density at radius 3 is 3.06 bits per heavy atom. The van der Waals surface area contributed by atoms with Crippen molar-refractivity contribution in [3.8, 4) is 11.4 Å². The van der Waals surface area contributed by atoms with Gasteiger partial charge in [-0.25, -0.2) is 9.48 Å². The van der Waals surface area contributed by atoms with E-state index in [4.69, 9.17) is 4.74 Å². The Labute approximate surface area is 97.0 Å². The highest BCUT2D eigenvalue weighted by Gasteiger charge is 2.29. The van der Waals surface area contributed by atoms with Crippen LogP contribution in [0.1, 0.15) is 12.5 Å². The summed E-state index contributed by atoms with van der Waals surface area (Å²) in [6.45, 7) is 0.449. The summed E-state index contributed by atoms with van der Waals surface area (Å²) in [6.07, 6.45) is 4.08. The predicted octanol–water partition coefficient (Wildman–Crippen LogP) is 0.167. The third-order valence-corrected chi connectivity index (χ3v) is 2.82. The third-order valence-electron chi connectivity index (χ3n) is 2.82. The first kappa shape index (κ1) is 10.0. The van der Waals surface area contributed by atoms with Gasteiger partial charge in [-0.15, -0.1) is 5.10 Å². The minimum Gasteiger partial charge on any atom is -0.464 e. The Bertz CT molecular complexity index is 559. The van der Waals surface area contributed by atoms with Crippen molar-refractivity contribution in [1.82, 2.24) is 24.8 Å². The van der Waals surface area contributed by atoms with Crippen LogP contribution in [0.2, 0.25) is 0 Å². The molecule has 0 aliphatic carbocycles. The van der Waals surface area contributed by atoms with E-state index in [2.05, 4.69) is 15.4 Å². The molecule has 0 unspecified atom stereocenters. The lowest BCUT2D eigenvalue weighted by molar-refractivity contribution is -0.140. The van der Waals surface area contributed by atoms with E-state index in [1.165, 1.54) is 0 Å². The van der Waals surface area contributed by atoms with Gasteiger partial charge >= 0.3 is 5.97 Å².